The highest BCUT2D eigenvalue weighted by Crippen LogP contribution is 2.15. The molecule has 1 aromatic carbocycles. The summed E-state index contributed by atoms with van der Waals surface area (Å²) in [4.78, 5) is 0. The van der Waals surface area contributed by atoms with Crippen LogP contribution in [-0.2, 0) is 0 Å². The van der Waals surface area contributed by atoms with E-state index in [9.17, 15) is 0 Å². The Balaban J connectivity index is 2.80. The van der Waals surface area contributed by atoms with Crippen LogP contribution in [0.15, 0.2) is 53.5 Å². The Morgan fingerprint density at radius 1 is 1.33 bits per heavy atom. The van der Waals surface area contributed by atoms with E-state index in [1.807, 2.05) is 6.08 Å². The third-order valence-electron chi connectivity index (χ3n) is 2.56. The average molecular weight is 281 g/mol. The van der Waals surface area contributed by atoms with Gasteiger partial charge in [0.05, 0.1) is 8.07 Å². The summed E-state index contributed by atoms with van der Waals surface area (Å²) in [5.41, 5.74) is 0. The second kappa shape index (κ2) is 5.47. The molecule has 1 rings (SSSR count). The molecule has 2 heteroatoms. The zero-order chi connectivity index (χ0) is 11.3. The molecule has 1 aromatic rings. The zero-order valence-corrected chi connectivity index (χ0v) is 11.9. The molecule has 80 valence electrons. The second-order valence-electron chi connectivity index (χ2n) is 4.25. The molecular formula is C13H17BrSi. The molecule has 0 heterocycles. The van der Waals surface area contributed by atoms with Gasteiger partial charge in [-0.25, -0.2) is 0 Å². The van der Waals surface area contributed by atoms with E-state index in [0.29, 0.717) is 0 Å². The first kappa shape index (κ1) is 12.5. The number of rotatable bonds is 4. The molecule has 0 aliphatic carbocycles. The minimum atomic E-state index is -1.31. The summed E-state index contributed by atoms with van der Waals surface area (Å²) in [5, 5.41) is 1.51. The highest BCUT2D eigenvalue weighted by Gasteiger charge is 2.21. The van der Waals surface area contributed by atoms with Crippen molar-refractivity contribution in [2.45, 2.75) is 19.1 Å². The maximum Gasteiger partial charge on any atom is 0.0843 e. The Hall–Kier alpha value is -0.603. The van der Waals surface area contributed by atoms with E-state index in [-0.39, 0.29) is 0 Å². The maximum atomic E-state index is 3.73. The van der Waals surface area contributed by atoms with Gasteiger partial charge < -0.3 is 0 Å². The third kappa shape index (κ3) is 3.80. The predicted octanol–water partition coefficient (Wildman–Crippen LogP) is 4.07. The molecule has 0 saturated heterocycles. The monoisotopic (exact) mass is 280 g/mol. The smallest absolute Gasteiger partial charge is 0.0843 e. The standard InChI is InChI=1S/C13H17BrSi/c1-4-12(14)10-11-15(2,3)13-8-6-5-7-9-13/h4-10H,1,11H2,2-3H3/b12-10-. The SMILES string of the molecule is C=C/C(Br)=C/C[Si](C)(C)c1ccccc1. The van der Waals surface area contributed by atoms with Gasteiger partial charge in [0.1, 0.15) is 0 Å². The lowest BCUT2D eigenvalue weighted by Crippen LogP contribution is -2.40. The Bertz CT molecular complexity index is 352. The maximum absolute atomic E-state index is 3.73. The number of hydrogen-bond acceptors (Lipinski definition) is 0. The third-order valence-corrected chi connectivity index (χ3v) is 6.33. The molecule has 0 spiro atoms. The van der Waals surface area contributed by atoms with Crippen LogP contribution in [0.2, 0.25) is 19.1 Å². The summed E-state index contributed by atoms with van der Waals surface area (Å²) in [7, 11) is -1.31. The van der Waals surface area contributed by atoms with Crippen LogP contribution < -0.4 is 5.19 Å². The first-order valence-electron chi connectivity index (χ1n) is 5.10. The number of halogens is 1. The summed E-state index contributed by atoms with van der Waals surface area (Å²) < 4.78 is 1.10. The Morgan fingerprint density at radius 3 is 2.47 bits per heavy atom. The van der Waals surface area contributed by atoms with E-state index in [2.05, 4.69) is 72.0 Å². The van der Waals surface area contributed by atoms with E-state index in [4.69, 9.17) is 0 Å². The van der Waals surface area contributed by atoms with Crippen LogP contribution >= 0.6 is 15.9 Å². The Labute approximate surface area is 102 Å². The molecule has 0 bridgehead atoms. The first-order valence-corrected chi connectivity index (χ1v) is 9.10. The molecule has 0 aromatic heterocycles. The van der Waals surface area contributed by atoms with Gasteiger partial charge in [-0.15, -0.1) is 0 Å². The van der Waals surface area contributed by atoms with Crippen LogP contribution in [0.5, 0.6) is 0 Å². The minimum Gasteiger partial charge on any atom is -0.0980 e. The van der Waals surface area contributed by atoms with Crippen LogP contribution in [0, 0.1) is 0 Å². The lowest BCUT2D eigenvalue weighted by molar-refractivity contribution is 1.52. The van der Waals surface area contributed by atoms with E-state index < -0.39 is 8.07 Å². The molecule has 0 unspecified atom stereocenters. The minimum absolute atomic E-state index is 1.10. The molecule has 0 fully saturated rings. The highest BCUT2D eigenvalue weighted by molar-refractivity contribution is 9.11. The van der Waals surface area contributed by atoms with Crippen molar-refractivity contribution in [1.82, 2.24) is 0 Å². The van der Waals surface area contributed by atoms with Crippen molar-refractivity contribution in [3.8, 4) is 0 Å². The summed E-state index contributed by atoms with van der Waals surface area (Å²) in [6.45, 7) is 8.52. The van der Waals surface area contributed by atoms with Gasteiger partial charge in [0.25, 0.3) is 0 Å². The predicted molar refractivity (Wildman–Crippen MR) is 75.6 cm³/mol. The molecule has 0 radical (unpaired) electrons. The van der Waals surface area contributed by atoms with Crippen molar-refractivity contribution in [2.24, 2.45) is 0 Å². The number of hydrogen-bond donors (Lipinski definition) is 0. The number of benzene rings is 1. The van der Waals surface area contributed by atoms with Gasteiger partial charge in [0.2, 0.25) is 0 Å². The Morgan fingerprint density at radius 2 is 1.93 bits per heavy atom. The van der Waals surface area contributed by atoms with Gasteiger partial charge in [-0.05, 0) is 6.04 Å². The lowest BCUT2D eigenvalue weighted by atomic mass is 10.4. The van der Waals surface area contributed by atoms with Gasteiger partial charge >= 0.3 is 0 Å². The molecule has 0 saturated carbocycles. The highest BCUT2D eigenvalue weighted by atomic mass is 79.9. The van der Waals surface area contributed by atoms with Crippen molar-refractivity contribution in [3.05, 3.63) is 53.5 Å². The van der Waals surface area contributed by atoms with Gasteiger partial charge in [0.15, 0.2) is 0 Å². The van der Waals surface area contributed by atoms with Gasteiger partial charge in [-0.1, -0.05) is 83.3 Å². The van der Waals surface area contributed by atoms with Crippen LogP contribution in [0.3, 0.4) is 0 Å². The van der Waals surface area contributed by atoms with Crippen molar-refractivity contribution in [1.29, 1.82) is 0 Å². The van der Waals surface area contributed by atoms with Gasteiger partial charge in [0, 0.05) is 4.48 Å². The topological polar surface area (TPSA) is 0 Å². The Kier molecular flexibility index (Phi) is 4.55. The number of allylic oxidation sites excluding steroid dienone is 3. The summed E-state index contributed by atoms with van der Waals surface area (Å²) in [5.74, 6) is 0. The van der Waals surface area contributed by atoms with Crippen LogP contribution in [0.4, 0.5) is 0 Å². The second-order valence-corrected chi connectivity index (χ2v) is 9.92. The van der Waals surface area contributed by atoms with E-state index in [0.717, 1.165) is 10.5 Å². The molecule has 15 heavy (non-hydrogen) atoms. The molecule has 0 aliphatic heterocycles. The summed E-state index contributed by atoms with van der Waals surface area (Å²) in [6, 6.07) is 11.9. The fourth-order valence-corrected chi connectivity index (χ4v) is 3.96. The fourth-order valence-electron chi connectivity index (χ4n) is 1.44. The van der Waals surface area contributed by atoms with Crippen LogP contribution in [0.1, 0.15) is 0 Å². The molecule has 0 atom stereocenters. The largest absolute Gasteiger partial charge is 0.0980 e. The zero-order valence-electron chi connectivity index (χ0n) is 9.33. The van der Waals surface area contributed by atoms with Crippen LogP contribution in [-0.4, -0.2) is 8.07 Å². The normalized spacial score (nSPS) is 12.6. The summed E-state index contributed by atoms with van der Waals surface area (Å²) >= 11 is 3.47. The van der Waals surface area contributed by atoms with E-state index in [1.54, 1.807) is 0 Å². The molecule has 0 aliphatic rings. The molecular weight excluding hydrogens is 264 g/mol. The van der Waals surface area contributed by atoms with E-state index in [1.165, 1.54) is 5.19 Å². The fraction of sp³-hybridized carbons (Fsp3) is 0.231. The molecule has 0 N–H and O–H groups in total. The van der Waals surface area contributed by atoms with Crippen molar-refractivity contribution < 1.29 is 0 Å². The molecule has 0 nitrogen and oxygen atoms in total. The van der Waals surface area contributed by atoms with E-state index >= 15 is 0 Å². The summed E-state index contributed by atoms with van der Waals surface area (Å²) in [6.07, 6.45) is 4.07. The quantitative estimate of drug-likeness (QED) is 0.576. The van der Waals surface area contributed by atoms with Gasteiger partial charge in [-0.3, -0.25) is 0 Å². The molecule has 0 amide bonds. The van der Waals surface area contributed by atoms with Crippen LogP contribution in [0.25, 0.3) is 0 Å². The first-order chi connectivity index (χ1) is 7.06. The lowest BCUT2D eigenvalue weighted by Gasteiger charge is -2.21. The van der Waals surface area contributed by atoms with Crippen molar-refractivity contribution in [2.75, 3.05) is 0 Å². The average Bonchev–Trinajstić information content (AvgIpc) is 2.27. The van der Waals surface area contributed by atoms with Gasteiger partial charge in [-0.2, -0.15) is 0 Å². The van der Waals surface area contributed by atoms with Crippen molar-refractivity contribution in [3.63, 3.8) is 0 Å². The van der Waals surface area contributed by atoms with Crippen molar-refractivity contribution >= 4 is 29.2 Å².